The van der Waals surface area contributed by atoms with Crippen molar-refractivity contribution < 1.29 is 23.8 Å². The molecular weight excluding hydrogens is 411 g/mol. The summed E-state index contributed by atoms with van der Waals surface area (Å²) in [5, 5.41) is 10.2. The van der Waals surface area contributed by atoms with Crippen LogP contribution in [0.15, 0.2) is 48.3 Å². The van der Waals surface area contributed by atoms with Crippen molar-refractivity contribution in [3.63, 3.8) is 0 Å². The lowest BCUT2D eigenvalue weighted by molar-refractivity contribution is -0.116. The Morgan fingerprint density at radius 2 is 1.94 bits per heavy atom. The number of rotatable bonds is 7. The predicted octanol–water partition coefficient (Wildman–Crippen LogP) is 4.17. The highest BCUT2D eigenvalue weighted by molar-refractivity contribution is 5.95. The first-order valence-corrected chi connectivity index (χ1v) is 10.8. The minimum atomic E-state index is -1.10. The standard InChI is InChI=1S/C25H29FN2O4/c1-16(2)32-24-5-4-19(10-17(24)3)25(31)28-8-6-18(7-9-28)11-22(29)13-23(30)20-12-21(26)15-27-14-20/h4-5,10-12,14-16,23,30H,6-9,13H2,1-3H3. The molecule has 3 rings (SSSR count). The van der Waals surface area contributed by atoms with Gasteiger partial charge < -0.3 is 14.7 Å². The number of ether oxygens (including phenoxy) is 1. The molecule has 1 saturated heterocycles. The van der Waals surface area contributed by atoms with Crippen molar-refractivity contribution in [2.45, 2.75) is 52.2 Å². The summed E-state index contributed by atoms with van der Waals surface area (Å²) in [4.78, 5) is 30.7. The Kier molecular flexibility index (Phi) is 7.75. The van der Waals surface area contributed by atoms with Gasteiger partial charge in [-0.15, -0.1) is 0 Å². The van der Waals surface area contributed by atoms with Crippen molar-refractivity contribution in [2.24, 2.45) is 0 Å². The zero-order valence-corrected chi connectivity index (χ0v) is 18.7. The summed E-state index contributed by atoms with van der Waals surface area (Å²) in [7, 11) is 0. The molecule has 1 aromatic carbocycles. The molecule has 6 nitrogen and oxygen atoms in total. The van der Waals surface area contributed by atoms with Crippen molar-refractivity contribution in [2.75, 3.05) is 13.1 Å². The molecule has 1 aromatic heterocycles. The first-order chi connectivity index (χ1) is 15.2. The van der Waals surface area contributed by atoms with Crippen LogP contribution in [0.4, 0.5) is 4.39 Å². The lowest BCUT2D eigenvalue weighted by atomic mass is 9.99. The van der Waals surface area contributed by atoms with Gasteiger partial charge in [0.15, 0.2) is 5.78 Å². The number of aryl methyl sites for hydroxylation is 1. The monoisotopic (exact) mass is 440 g/mol. The van der Waals surface area contributed by atoms with Crippen LogP contribution in [0.1, 0.15) is 60.7 Å². The molecule has 0 bridgehead atoms. The molecule has 1 unspecified atom stereocenters. The van der Waals surface area contributed by atoms with E-state index >= 15 is 0 Å². The van der Waals surface area contributed by atoms with Crippen LogP contribution in [0.5, 0.6) is 5.75 Å². The third kappa shape index (κ3) is 6.23. The van der Waals surface area contributed by atoms with Gasteiger partial charge in [0.2, 0.25) is 0 Å². The largest absolute Gasteiger partial charge is 0.491 e. The van der Waals surface area contributed by atoms with Crippen molar-refractivity contribution in [1.82, 2.24) is 9.88 Å². The normalized spacial score (nSPS) is 14.9. The van der Waals surface area contributed by atoms with Crippen LogP contribution in [-0.4, -0.2) is 45.9 Å². The van der Waals surface area contributed by atoms with Crippen molar-refractivity contribution >= 4 is 11.7 Å². The summed E-state index contributed by atoms with van der Waals surface area (Å²) >= 11 is 0. The number of aliphatic hydroxyl groups is 1. The molecule has 32 heavy (non-hydrogen) atoms. The van der Waals surface area contributed by atoms with E-state index in [1.54, 1.807) is 17.0 Å². The molecule has 1 aliphatic rings. The summed E-state index contributed by atoms with van der Waals surface area (Å²) in [6, 6.07) is 6.63. The number of ketones is 1. The molecule has 7 heteroatoms. The third-order valence-corrected chi connectivity index (χ3v) is 5.35. The first-order valence-electron chi connectivity index (χ1n) is 10.8. The number of hydrogen-bond donors (Lipinski definition) is 1. The fourth-order valence-electron chi connectivity index (χ4n) is 3.70. The second-order valence-electron chi connectivity index (χ2n) is 8.36. The van der Waals surface area contributed by atoms with E-state index in [1.165, 1.54) is 12.3 Å². The van der Waals surface area contributed by atoms with Gasteiger partial charge in [-0.3, -0.25) is 14.6 Å². The Labute approximate surface area is 187 Å². The zero-order valence-electron chi connectivity index (χ0n) is 18.7. The van der Waals surface area contributed by atoms with Crippen molar-refractivity contribution in [1.29, 1.82) is 0 Å². The smallest absolute Gasteiger partial charge is 0.253 e. The molecule has 1 fully saturated rings. The molecule has 0 radical (unpaired) electrons. The average molecular weight is 441 g/mol. The van der Waals surface area contributed by atoms with E-state index in [2.05, 4.69) is 4.98 Å². The highest BCUT2D eigenvalue weighted by Gasteiger charge is 2.22. The minimum Gasteiger partial charge on any atom is -0.491 e. The van der Waals surface area contributed by atoms with Crippen LogP contribution in [0.25, 0.3) is 0 Å². The fraction of sp³-hybridized carbons (Fsp3) is 0.400. The fourth-order valence-corrected chi connectivity index (χ4v) is 3.70. The number of hydrogen-bond acceptors (Lipinski definition) is 5. The number of amides is 1. The molecule has 0 saturated carbocycles. The third-order valence-electron chi connectivity index (χ3n) is 5.35. The number of allylic oxidation sites excluding steroid dienone is 1. The maximum Gasteiger partial charge on any atom is 0.253 e. The number of piperidine rings is 1. The highest BCUT2D eigenvalue weighted by Crippen LogP contribution is 2.24. The number of aliphatic hydroxyl groups excluding tert-OH is 1. The zero-order chi connectivity index (χ0) is 23.3. The number of benzene rings is 1. The number of halogens is 1. The summed E-state index contributed by atoms with van der Waals surface area (Å²) in [5.74, 6) is -0.0479. The van der Waals surface area contributed by atoms with Gasteiger partial charge in [0.1, 0.15) is 11.6 Å². The lowest BCUT2D eigenvalue weighted by Gasteiger charge is -2.29. The van der Waals surface area contributed by atoms with E-state index in [-0.39, 0.29) is 29.8 Å². The second-order valence-corrected chi connectivity index (χ2v) is 8.36. The number of pyridine rings is 1. The van der Waals surface area contributed by atoms with Gasteiger partial charge in [-0.2, -0.15) is 0 Å². The maximum absolute atomic E-state index is 13.2. The SMILES string of the molecule is Cc1cc(C(=O)N2CCC(=CC(=O)CC(O)c3cncc(F)c3)CC2)ccc1OC(C)C. The molecule has 0 aliphatic carbocycles. The van der Waals surface area contributed by atoms with E-state index in [1.807, 2.05) is 32.9 Å². The van der Waals surface area contributed by atoms with Gasteiger partial charge in [-0.25, -0.2) is 4.39 Å². The van der Waals surface area contributed by atoms with Gasteiger partial charge >= 0.3 is 0 Å². The van der Waals surface area contributed by atoms with Gasteiger partial charge in [0.25, 0.3) is 5.91 Å². The first kappa shape index (κ1) is 23.6. The Hall–Kier alpha value is -3.06. The van der Waals surface area contributed by atoms with Crippen LogP contribution in [0.2, 0.25) is 0 Å². The molecule has 170 valence electrons. The average Bonchev–Trinajstić information content (AvgIpc) is 2.75. The van der Waals surface area contributed by atoms with Crippen LogP contribution in [0.3, 0.4) is 0 Å². The topological polar surface area (TPSA) is 79.7 Å². The van der Waals surface area contributed by atoms with Crippen LogP contribution >= 0.6 is 0 Å². The van der Waals surface area contributed by atoms with Gasteiger partial charge in [-0.05, 0) is 69.5 Å². The van der Waals surface area contributed by atoms with Gasteiger partial charge in [-0.1, -0.05) is 5.57 Å². The number of likely N-dealkylation sites (tertiary alicyclic amines) is 1. The van der Waals surface area contributed by atoms with Crippen molar-refractivity contribution in [3.8, 4) is 5.75 Å². The molecule has 1 aliphatic heterocycles. The van der Waals surface area contributed by atoms with Gasteiger partial charge in [0, 0.05) is 36.8 Å². The van der Waals surface area contributed by atoms with Gasteiger partial charge in [0.05, 0.1) is 18.4 Å². The molecule has 0 spiro atoms. The maximum atomic E-state index is 13.2. The highest BCUT2D eigenvalue weighted by atomic mass is 19.1. The van der Waals surface area contributed by atoms with Crippen molar-refractivity contribution in [3.05, 3.63) is 70.8 Å². The van der Waals surface area contributed by atoms with E-state index < -0.39 is 11.9 Å². The Balaban J connectivity index is 1.55. The number of carbonyl (C=O) groups is 2. The summed E-state index contributed by atoms with van der Waals surface area (Å²) < 4.78 is 19.0. The quantitative estimate of drug-likeness (QED) is 0.654. The van der Waals surface area contributed by atoms with Crippen LogP contribution < -0.4 is 4.74 Å². The summed E-state index contributed by atoms with van der Waals surface area (Å²) in [6.45, 7) is 6.89. The van der Waals surface area contributed by atoms with E-state index in [4.69, 9.17) is 4.74 Å². The van der Waals surface area contributed by atoms with E-state index in [0.29, 0.717) is 31.5 Å². The molecule has 1 N–H and O–H groups in total. The van der Waals surface area contributed by atoms with E-state index in [9.17, 15) is 19.1 Å². The number of aromatic nitrogens is 1. The van der Waals surface area contributed by atoms with Crippen LogP contribution in [-0.2, 0) is 4.79 Å². The number of nitrogens with zero attached hydrogens (tertiary/aromatic N) is 2. The molecule has 1 atom stereocenters. The summed E-state index contributed by atoms with van der Waals surface area (Å²) in [5.41, 5.74) is 2.76. The molecule has 2 heterocycles. The Morgan fingerprint density at radius 1 is 1.22 bits per heavy atom. The molecular formula is C25H29FN2O4. The predicted molar refractivity (Wildman–Crippen MR) is 119 cm³/mol. The Bertz CT molecular complexity index is 1010. The minimum absolute atomic E-state index is 0.0383. The number of carbonyl (C=O) groups excluding carboxylic acids is 2. The Morgan fingerprint density at radius 3 is 2.56 bits per heavy atom. The molecule has 1 amide bonds. The lowest BCUT2D eigenvalue weighted by Crippen LogP contribution is -2.36. The van der Waals surface area contributed by atoms with E-state index in [0.717, 1.165) is 23.1 Å². The van der Waals surface area contributed by atoms with Crippen LogP contribution in [0, 0.1) is 12.7 Å². The molecule has 2 aromatic rings. The second kappa shape index (κ2) is 10.5. The summed E-state index contributed by atoms with van der Waals surface area (Å²) in [6.07, 6.45) is 3.96.